The van der Waals surface area contributed by atoms with E-state index in [2.05, 4.69) is 15.4 Å². The third-order valence-corrected chi connectivity index (χ3v) is 4.55. The predicted octanol–water partition coefficient (Wildman–Crippen LogP) is 3.69. The van der Waals surface area contributed by atoms with E-state index in [9.17, 15) is 4.79 Å². The van der Waals surface area contributed by atoms with E-state index in [1.165, 1.54) is 0 Å². The number of aromatic nitrogens is 4. The van der Waals surface area contributed by atoms with E-state index in [1.54, 1.807) is 10.9 Å². The minimum Gasteiger partial charge on any atom is -0.493 e. The minimum absolute atomic E-state index is 0.0503. The molecule has 0 atom stereocenters. The zero-order valence-electron chi connectivity index (χ0n) is 16.3. The number of nitrogens with one attached hydrogen (secondary N) is 1. The van der Waals surface area contributed by atoms with Crippen molar-refractivity contribution in [2.75, 3.05) is 11.9 Å². The SMILES string of the molecule is Cc1ccccc1OCCCC(=O)Nc1cnn(Cc2cn3ccccc3n2)c1. The van der Waals surface area contributed by atoms with E-state index in [1.807, 2.05) is 72.4 Å². The Hall–Kier alpha value is -3.61. The molecule has 0 radical (unpaired) electrons. The molecule has 0 bridgehead atoms. The number of hydrogen-bond donors (Lipinski definition) is 1. The van der Waals surface area contributed by atoms with E-state index in [-0.39, 0.29) is 5.91 Å². The van der Waals surface area contributed by atoms with Gasteiger partial charge in [0.25, 0.3) is 0 Å². The van der Waals surface area contributed by atoms with E-state index < -0.39 is 0 Å². The number of ether oxygens (including phenoxy) is 1. The molecular formula is C22H23N5O2. The van der Waals surface area contributed by atoms with Gasteiger partial charge in [-0.3, -0.25) is 9.48 Å². The van der Waals surface area contributed by atoms with Gasteiger partial charge in [-0.05, 0) is 37.1 Å². The van der Waals surface area contributed by atoms with Crippen molar-refractivity contribution in [2.24, 2.45) is 0 Å². The van der Waals surface area contributed by atoms with Gasteiger partial charge in [0.2, 0.25) is 5.91 Å². The monoisotopic (exact) mass is 389 g/mol. The van der Waals surface area contributed by atoms with Gasteiger partial charge in [0.05, 0.1) is 30.7 Å². The van der Waals surface area contributed by atoms with Crippen LogP contribution in [0.25, 0.3) is 5.65 Å². The van der Waals surface area contributed by atoms with Crippen molar-refractivity contribution in [3.8, 4) is 5.75 Å². The van der Waals surface area contributed by atoms with Crippen LogP contribution < -0.4 is 10.1 Å². The number of carbonyl (C=O) groups excluding carboxylic acids is 1. The maximum absolute atomic E-state index is 12.2. The second kappa shape index (κ2) is 8.60. The number of fused-ring (bicyclic) bond motifs is 1. The molecule has 3 heterocycles. The normalized spacial score (nSPS) is 10.9. The fourth-order valence-corrected chi connectivity index (χ4v) is 3.10. The number of nitrogens with zero attached hydrogens (tertiary/aromatic N) is 4. The Bertz CT molecular complexity index is 1080. The molecule has 148 valence electrons. The number of aryl methyl sites for hydroxylation is 1. The summed E-state index contributed by atoms with van der Waals surface area (Å²) in [5.74, 6) is 0.812. The number of carbonyl (C=O) groups is 1. The molecule has 7 heteroatoms. The maximum atomic E-state index is 12.2. The van der Waals surface area contributed by atoms with Crippen LogP contribution >= 0.6 is 0 Å². The van der Waals surface area contributed by atoms with Crippen LogP contribution in [0.15, 0.2) is 67.3 Å². The van der Waals surface area contributed by atoms with Crippen molar-refractivity contribution in [1.82, 2.24) is 19.2 Å². The van der Waals surface area contributed by atoms with Gasteiger partial charge < -0.3 is 14.5 Å². The van der Waals surface area contributed by atoms with Crippen molar-refractivity contribution in [3.63, 3.8) is 0 Å². The van der Waals surface area contributed by atoms with Gasteiger partial charge in [0.1, 0.15) is 11.4 Å². The number of para-hydroxylation sites is 1. The van der Waals surface area contributed by atoms with Crippen LogP contribution in [0.3, 0.4) is 0 Å². The molecule has 7 nitrogen and oxygen atoms in total. The maximum Gasteiger partial charge on any atom is 0.224 e. The molecule has 0 saturated heterocycles. The lowest BCUT2D eigenvalue weighted by Gasteiger charge is -2.08. The van der Waals surface area contributed by atoms with Crippen molar-refractivity contribution in [3.05, 3.63) is 78.5 Å². The molecule has 0 spiro atoms. The first-order chi connectivity index (χ1) is 14.2. The zero-order chi connectivity index (χ0) is 20.1. The fraction of sp³-hybridized carbons (Fsp3) is 0.227. The number of rotatable bonds is 8. The van der Waals surface area contributed by atoms with Gasteiger partial charge in [-0.1, -0.05) is 24.3 Å². The molecule has 0 aliphatic carbocycles. The van der Waals surface area contributed by atoms with E-state index in [0.717, 1.165) is 22.7 Å². The highest BCUT2D eigenvalue weighted by Gasteiger charge is 2.07. The first-order valence-electron chi connectivity index (χ1n) is 9.61. The Morgan fingerprint density at radius 3 is 2.86 bits per heavy atom. The Kier molecular flexibility index (Phi) is 5.56. The summed E-state index contributed by atoms with van der Waals surface area (Å²) in [4.78, 5) is 16.7. The number of pyridine rings is 1. The third-order valence-electron chi connectivity index (χ3n) is 4.55. The summed E-state index contributed by atoms with van der Waals surface area (Å²) in [6.07, 6.45) is 8.44. The van der Waals surface area contributed by atoms with Crippen molar-refractivity contribution < 1.29 is 9.53 Å². The number of benzene rings is 1. The molecule has 1 aromatic carbocycles. The molecule has 0 aliphatic heterocycles. The van der Waals surface area contributed by atoms with Gasteiger partial charge in [-0.25, -0.2) is 4.98 Å². The summed E-state index contributed by atoms with van der Waals surface area (Å²) < 4.78 is 9.46. The van der Waals surface area contributed by atoms with Crippen LogP contribution in [-0.4, -0.2) is 31.7 Å². The number of imidazole rings is 1. The van der Waals surface area contributed by atoms with Gasteiger partial charge in [-0.15, -0.1) is 0 Å². The fourth-order valence-electron chi connectivity index (χ4n) is 3.10. The molecule has 4 aromatic rings. The van der Waals surface area contributed by atoms with Crippen molar-refractivity contribution in [2.45, 2.75) is 26.3 Å². The summed E-state index contributed by atoms with van der Waals surface area (Å²) in [5.41, 5.74) is 3.58. The summed E-state index contributed by atoms with van der Waals surface area (Å²) in [5, 5.41) is 7.19. The van der Waals surface area contributed by atoms with Gasteiger partial charge in [0, 0.05) is 25.0 Å². The van der Waals surface area contributed by atoms with Crippen LogP contribution in [0.4, 0.5) is 5.69 Å². The third kappa shape index (κ3) is 4.82. The molecular weight excluding hydrogens is 366 g/mol. The summed E-state index contributed by atoms with van der Waals surface area (Å²) in [6.45, 7) is 3.05. The summed E-state index contributed by atoms with van der Waals surface area (Å²) >= 11 is 0. The van der Waals surface area contributed by atoms with Crippen LogP contribution in [0.2, 0.25) is 0 Å². The standard InChI is InChI=1S/C22H23N5O2/c1-17-7-2-3-8-20(17)29-12-6-10-22(28)25-18-13-23-27(15-18)16-19-14-26-11-5-4-9-21(26)24-19/h2-5,7-9,11,13-15H,6,10,12,16H2,1H3,(H,25,28). The summed E-state index contributed by atoms with van der Waals surface area (Å²) in [7, 11) is 0. The smallest absolute Gasteiger partial charge is 0.224 e. The molecule has 0 aliphatic rings. The Labute approximate surface area is 169 Å². The van der Waals surface area contributed by atoms with Crippen molar-refractivity contribution >= 4 is 17.2 Å². The molecule has 4 rings (SSSR count). The average Bonchev–Trinajstić information content (AvgIpc) is 3.32. The zero-order valence-corrected chi connectivity index (χ0v) is 16.3. The van der Waals surface area contributed by atoms with Crippen LogP contribution in [0, 0.1) is 6.92 Å². The Balaban J connectivity index is 1.24. The average molecular weight is 389 g/mol. The highest BCUT2D eigenvalue weighted by molar-refractivity contribution is 5.90. The second-order valence-electron chi connectivity index (χ2n) is 6.89. The predicted molar refractivity (Wildman–Crippen MR) is 111 cm³/mol. The Morgan fingerprint density at radius 2 is 2.00 bits per heavy atom. The van der Waals surface area contributed by atoms with Crippen molar-refractivity contribution in [1.29, 1.82) is 0 Å². The second-order valence-corrected chi connectivity index (χ2v) is 6.89. The highest BCUT2D eigenvalue weighted by atomic mass is 16.5. The molecule has 0 saturated carbocycles. The van der Waals surface area contributed by atoms with E-state index >= 15 is 0 Å². The quantitative estimate of drug-likeness (QED) is 0.467. The molecule has 29 heavy (non-hydrogen) atoms. The van der Waals surface area contributed by atoms with Crippen LogP contribution in [0.1, 0.15) is 24.1 Å². The molecule has 0 fully saturated rings. The van der Waals surface area contributed by atoms with Crippen LogP contribution in [0.5, 0.6) is 5.75 Å². The highest BCUT2D eigenvalue weighted by Crippen LogP contribution is 2.16. The molecule has 0 unspecified atom stereocenters. The lowest BCUT2D eigenvalue weighted by Crippen LogP contribution is -2.12. The minimum atomic E-state index is -0.0503. The number of anilines is 1. The van der Waals surface area contributed by atoms with E-state index in [0.29, 0.717) is 31.7 Å². The first kappa shape index (κ1) is 18.7. The van der Waals surface area contributed by atoms with Gasteiger partial charge in [0.15, 0.2) is 0 Å². The molecule has 1 N–H and O–H groups in total. The van der Waals surface area contributed by atoms with E-state index in [4.69, 9.17) is 4.74 Å². The van der Waals surface area contributed by atoms with Crippen LogP contribution in [-0.2, 0) is 11.3 Å². The Morgan fingerprint density at radius 1 is 1.14 bits per heavy atom. The molecule has 3 aromatic heterocycles. The van der Waals surface area contributed by atoms with Gasteiger partial charge >= 0.3 is 0 Å². The lowest BCUT2D eigenvalue weighted by molar-refractivity contribution is -0.116. The summed E-state index contributed by atoms with van der Waals surface area (Å²) in [6, 6.07) is 13.7. The number of hydrogen-bond acceptors (Lipinski definition) is 4. The first-order valence-corrected chi connectivity index (χ1v) is 9.61. The molecule has 1 amide bonds. The lowest BCUT2D eigenvalue weighted by atomic mass is 10.2. The number of amides is 1. The topological polar surface area (TPSA) is 73.5 Å². The van der Waals surface area contributed by atoms with Gasteiger partial charge in [-0.2, -0.15) is 5.10 Å². The largest absolute Gasteiger partial charge is 0.493 e.